The molecular formula is C20H20N2O3S. The Labute approximate surface area is 153 Å². The van der Waals surface area contributed by atoms with Crippen LogP contribution in [0.3, 0.4) is 0 Å². The third-order valence-corrected chi connectivity index (χ3v) is 6.28. The molecule has 2 aromatic carbocycles. The number of nitriles is 1. The van der Waals surface area contributed by atoms with Gasteiger partial charge in [0.15, 0.2) is 9.84 Å². The molecule has 5 nitrogen and oxygen atoms in total. The highest BCUT2D eigenvalue weighted by atomic mass is 32.2. The van der Waals surface area contributed by atoms with Crippen molar-refractivity contribution >= 4 is 15.7 Å². The second kappa shape index (κ2) is 7.71. The predicted octanol–water partition coefficient (Wildman–Crippen LogP) is 3.04. The fourth-order valence-electron chi connectivity index (χ4n) is 3.22. The maximum Gasteiger partial charge on any atom is 0.255 e. The van der Waals surface area contributed by atoms with Crippen LogP contribution in [0.5, 0.6) is 0 Å². The van der Waals surface area contributed by atoms with E-state index < -0.39 is 9.84 Å². The lowest BCUT2D eigenvalue weighted by Crippen LogP contribution is -2.40. The molecule has 26 heavy (non-hydrogen) atoms. The summed E-state index contributed by atoms with van der Waals surface area (Å²) < 4.78 is 25.8. The van der Waals surface area contributed by atoms with E-state index in [2.05, 4.69) is 6.07 Å². The number of piperidine rings is 1. The predicted molar refractivity (Wildman–Crippen MR) is 98.0 cm³/mol. The molecule has 134 valence electrons. The number of sulfone groups is 1. The molecule has 0 aliphatic carbocycles. The molecule has 0 bridgehead atoms. The van der Waals surface area contributed by atoms with Crippen LogP contribution in [0.25, 0.3) is 0 Å². The van der Waals surface area contributed by atoms with Gasteiger partial charge in [0.2, 0.25) is 0 Å². The van der Waals surface area contributed by atoms with Crippen molar-refractivity contribution in [2.24, 2.45) is 5.92 Å². The molecule has 1 heterocycles. The van der Waals surface area contributed by atoms with Gasteiger partial charge in [0.25, 0.3) is 5.91 Å². The number of likely N-dealkylation sites (tertiary alicyclic amines) is 1. The van der Waals surface area contributed by atoms with Gasteiger partial charge in [-0.1, -0.05) is 42.5 Å². The molecule has 2 aromatic rings. The first kappa shape index (κ1) is 18.2. The van der Waals surface area contributed by atoms with Crippen LogP contribution in [0.15, 0.2) is 59.5 Å². The van der Waals surface area contributed by atoms with Gasteiger partial charge in [0.05, 0.1) is 28.2 Å². The van der Waals surface area contributed by atoms with E-state index in [0.717, 1.165) is 12.8 Å². The van der Waals surface area contributed by atoms with Crippen LogP contribution in [-0.2, 0) is 15.6 Å². The van der Waals surface area contributed by atoms with Crippen LogP contribution in [-0.4, -0.2) is 32.3 Å². The molecule has 1 fully saturated rings. The van der Waals surface area contributed by atoms with Crippen LogP contribution < -0.4 is 0 Å². The molecule has 1 unspecified atom stereocenters. The maximum atomic E-state index is 12.9. The topological polar surface area (TPSA) is 78.2 Å². The minimum atomic E-state index is -3.66. The Bertz CT molecular complexity index is 933. The molecule has 0 saturated carbocycles. The second-order valence-electron chi connectivity index (χ2n) is 6.46. The van der Waals surface area contributed by atoms with Gasteiger partial charge in [-0.05, 0) is 30.5 Å². The molecule has 0 aromatic heterocycles. The number of nitrogens with zero attached hydrogens (tertiary/aromatic N) is 2. The van der Waals surface area contributed by atoms with E-state index >= 15 is 0 Å². The Morgan fingerprint density at radius 1 is 1.12 bits per heavy atom. The standard InChI is InChI=1S/C20H20N2O3S/c21-13-17-9-6-12-22(14-17)20(23)18-10-4-5-11-19(18)26(24,25)15-16-7-2-1-3-8-16/h1-5,7-8,10-11,17H,6,9,12,14-15H2. The van der Waals surface area contributed by atoms with Gasteiger partial charge in [-0.2, -0.15) is 5.26 Å². The minimum Gasteiger partial charge on any atom is -0.337 e. The summed E-state index contributed by atoms with van der Waals surface area (Å²) in [5, 5.41) is 9.13. The highest BCUT2D eigenvalue weighted by Gasteiger charge is 2.28. The Morgan fingerprint density at radius 2 is 1.81 bits per heavy atom. The van der Waals surface area contributed by atoms with E-state index in [9.17, 15) is 13.2 Å². The third kappa shape index (κ3) is 3.94. The van der Waals surface area contributed by atoms with Crippen molar-refractivity contribution in [2.75, 3.05) is 13.1 Å². The highest BCUT2D eigenvalue weighted by molar-refractivity contribution is 7.90. The Kier molecular flexibility index (Phi) is 5.38. The van der Waals surface area contributed by atoms with Gasteiger partial charge >= 0.3 is 0 Å². The zero-order valence-electron chi connectivity index (χ0n) is 14.3. The second-order valence-corrected chi connectivity index (χ2v) is 8.42. The van der Waals surface area contributed by atoms with E-state index in [1.54, 1.807) is 47.4 Å². The molecular weight excluding hydrogens is 348 g/mol. The number of amides is 1. The monoisotopic (exact) mass is 368 g/mol. The summed E-state index contributed by atoms with van der Waals surface area (Å²) in [6, 6.07) is 17.5. The summed E-state index contributed by atoms with van der Waals surface area (Å²) in [7, 11) is -3.66. The minimum absolute atomic E-state index is 0.0490. The zero-order chi connectivity index (χ0) is 18.6. The van der Waals surface area contributed by atoms with Crippen LogP contribution >= 0.6 is 0 Å². The van der Waals surface area contributed by atoms with E-state index in [0.29, 0.717) is 18.7 Å². The fourth-order valence-corrected chi connectivity index (χ4v) is 4.79. The van der Waals surface area contributed by atoms with Gasteiger partial charge in [-0.3, -0.25) is 4.79 Å². The van der Waals surface area contributed by atoms with E-state index in [1.165, 1.54) is 6.07 Å². The van der Waals surface area contributed by atoms with Crippen molar-refractivity contribution in [1.29, 1.82) is 5.26 Å². The first-order valence-corrected chi connectivity index (χ1v) is 10.2. The van der Waals surface area contributed by atoms with Gasteiger partial charge in [0, 0.05) is 13.1 Å². The van der Waals surface area contributed by atoms with Crippen LogP contribution in [0.4, 0.5) is 0 Å². The smallest absolute Gasteiger partial charge is 0.255 e. The lowest BCUT2D eigenvalue weighted by atomic mass is 9.99. The fraction of sp³-hybridized carbons (Fsp3) is 0.300. The molecule has 0 N–H and O–H groups in total. The number of hydrogen-bond acceptors (Lipinski definition) is 4. The van der Waals surface area contributed by atoms with Crippen molar-refractivity contribution in [1.82, 2.24) is 4.90 Å². The van der Waals surface area contributed by atoms with Crippen molar-refractivity contribution in [3.8, 4) is 6.07 Å². The number of benzene rings is 2. The first-order chi connectivity index (χ1) is 12.5. The van der Waals surface area contributed by atoms with Crippen molar-refractivity contribution in [3.63, 3.8) is 0 Å². The van der Waals surface area contributed by atoms with Crippen molar-refractivity contribution < 1.29 is 13.2 Å². The molecule has 1 saturated heterocycles. The number of rotatable bonds is 4. The summed E-state index contributed by atoms with van der Waals surface area (Å²) in [6.45, 7) is 0.895. The summed E-state index contributed by atoms with van der Waals surface area (Å²) in [5.74, 6) is -0.670. The van der Waals surface area contributed by atoms with Crippen molar-refractivity contribution in [2.45, 2.75) is 23.5 Å². The molecule has 1 atom stereocenters. The Hall–Kier alpha value is -2.65. The van der Waals surface area contributed by atoms with E-state index in [-0.39, 0.29) is 28.0 Å². The van der Waals surface area contributed by atoms with Crippen LogP contribution in [0.2, 0.25) is 0 Å². The molecule has 0 radical (unpaired) electrons. The average Bonchev–Trinajstić information content (AvgIpc) is 2.68. The van der Waals surface area contributed by atoms with E-state index in [4.69, 9.17) is 5.26 Å². The van der Waals surface area contributed by atoms with Crippen molar-refractivity contribution in [3.05, 3.63) is 65.7 Å². The number of carbonyl (C=O) groups is 1. The molecule has 1 amide bonds. The van der Waals surface area contributed by atoms with Gasteiger partial charge in [-0.15, -0.1) is 0 Å². The summed E-state index contributed by atoms with van der Waals surface area (Å²) >= 11 is 0. The van der Waals surface area contributed by atoms with E-state index in [1.807, 2.05) is 6.07 Å². The van der Waals surface area contributed by atoms with Crippen LogP contribution in [0.1, 0.15) is 28.8 Å². The lowest BCUT2D eigenvalue weighted by molar-refractivity contribution is 0.0695. The normalized spacial score (nSPS) is 17.5. The number of carbonyl (C=O) groups excluding carboxylic acids is 1. The summed E-state index contributed by atoms with van der Waals surface area (Å²) in [6.07, 6.45) is 1.52. The first-order valence-electron chi connectivity index (χ1n) is 8.56. The summed E-state index contributed by atoms with van der Waals surface area (Å²) in [4.78, 5) is 14.6. The largest absolute Gasteiger partial charge is 0.337 e. The molecule has 1 aliphatic rings. The maximum absolute atomic E-state index is 12.9. The highest BCUT2D eigenvalue weighted by Crippen LogP contribution is 2.24. The molecule has 0 spiro atoms. The number of hydrogen-bond donors (Lipinski definition) is 0. The Balaban J connectivity index is 1.90. The quantitative estimate of drug-likeness (QED) is 0.831. The van der Waals surface area contributed by atoms with Gasteiger partial charge in [-0.25, -0.2) is 8.42 Å². The van der Waals surface area contributed by atoms with Gasteiger partial charge in [0.1, 0.15) is 0 Å². The zero-order valence-corrected chi connectivity index (χ0v) is 15.2. The lowest BCUT2D eigenvalue weighted by Gasteiger charge is -2.30. The summed E-state index contributed by atoms with van der Waals surface area (Å²) in [5.41, 5.74) is 0.860. The molecule has 1 aliphatic heterocycles. The average molecular weight is 368 g/mol. The third-order valence-electron chi connectivity index (χ3n) is 4.54. The van der Waals surface area contributed by atoms with Gasteiger partial charge < -0.3 is 4.90 Å². The molecule has 6 heteroatoms. The van der Waals surface area contributed by atoms with Crippen LogP contribution in [0, 0.1) is 17.2 Å². The Morgan fingerprint density at radius 3 is 2.54 bits per heavy atom. The molecule has 3 rings (SSSR count). The SMILES string of the molecule is N#CC1CCCN(C(=O)c2ccccc2S(=O)(=O)Cc2ccccc2)C1.